The zero-order chi connectivity index (χ0) is 24.3. The van der Waals surface area contributed by atoms with Gasteiger partial charge in [0.05, 0.1) is 18.9 Å². The first-order valence-corrected chi connectivity index (χ1v) is 9.97. The molecular weight excluding hydrogens is 434 g/mol. The summed E-state index contributed by atoms with van der Waals surface area (Å²) in [6.45, 7) is 3.30. The van der Waals surface area contributed by atoms with Crippen LogP contribution >= 0.6 is 12.6 Å². The van der Waals surface area contributed by atoms with Crippen LogP contribution in [0.3, 0.4) is 0 Å². The van der Waals surface area contributed by atoms with Gasteiger partial charge in [-0.15, -0.1) is 0 Å². The standard InChI is InChI=1S/C17H29N5O8S/c1-3-7(2)13(16(28)21-10(17(29)30)5-12(24)25)22-15(27)9(4-11(19)23)20-14(26)8(18)6-31/h7-10,13,31H,3-6,18H2,1-2H3,(H2,19,23)(H,20,26)(H,21,28)(H,22,27)(H,24,25)(H,29,30). The molecule has 0 saturated heterocycles. The summed E-state index contributed by atoms with van der Waals surface area (Å²) in [5, 5.41) is 24.6. The van der Waals surface area contributed by atoms with Gasteiger partial charge < -0.3 is 37.6 Å². The number of thiol groups is 1. The van der Waals surface area contributed by atoms with Gasteiger partial charge in [-0.3, -0.25) is 24.0 Å². The van der Waals surface area contributed by atoms with Gasteiger partial charge in [0.1, 0.15) is 18.1 Å². The quantitative estimate of drug-likeness (QED) is 0.124. The third kappa shape index (κ3) is 10.1. The van der Waals surface area contributed by atoms with Gasteiger partial charge in [-0.05, 0) is 5.92 Å². The molecule has 0 aliphatic rings. The maximum absolute atomic E-state index is 12.7. The van der Waals surface area contributed by atoms with Crippen LogP contribution in [0.5, 0.6) is 0 Å². The molecule has 0 aromatic carbocycles. The number of carboxylic acid groups (broad SMARTS) is 2. The first-order valence-electron chi connectivity index (χ1n) is 9.34. The smallest absolute Gasteiger partial charge is 0.326 e. The van der Waals surface area contributed by atoms with E-state index in [4.69, 9.17) is 21.7 Å². The lowest BCUT2D eigenvalue weighted by atomic mass is 9.97. The number of nitrogens with two attached hydrogens (primary N) is 2. The van der Waals surface area contributed by atoms with E-state index >= 15 is 0 Å². The molecule has 13 nitrogen and oxygen atoms in total. The highest BCUT2D eigenvalue weighted by molar-refractivity contribution is 7.80. The minimum absolute atomic E-state index is 0.0329. The molecule has 5 unspecified atom stereocenters. The van der Waals surface area contributed by atoms with E-state index < -0.39 is 78.5 Å². The highest BCUT2D eigenvalue weighted by Gasteiger charge is 2.33. The largest absolute Gasteiger partial charge is 0.481 e. The maximum Gasteiger partial charge on any atom is 0.326 e. The molecule has 0 radical (unpaired) electrons. The first kappa shape index (κ1) is 28.1. The van der Waals surface area contributed by atoms with Gasteiger partial charge in [-0.25, -0.2) is 4.79 Å². The second-order valence-corrected chi connectivity index (χ2v) is 7.25. The van der Waals surface area contributed by atoms with Crippen molar-refractivity contribution in [3.63, 3.8) is 0 Å². The van der Waals surface area contributed by atoms with Crippen LogP contribution in [0.15, 0.2) is 0 Å². The Morgan fingerprint density at radius 2 is 1.45 bits per heavy atom. The minimum Gasteiger partial charge on any atom is -0.481 e. The number of rotatable bonds is 14. The van der Waals surface area contributed by atoms with Crippen molar-refractivity contribution >= 4 is 48.2 Å². The number of nitrogens with one attached hydrogen (secondary N) is 3. The van der Waals surface area contributed by atoms with Crippen LogP contribution in [0.1, 0.15) is 33.1 Å². The molecular formula is C17H29N5O8S. The summed E-state index contributed by atoms with van der Waals surface area (Å²) in [6.07, 6.45) is -1.07. The molecule has 0 bridgehead atoms. The monoisotopic (exact) mass is 463 g/mol. The molecule has 5 atom stereocenters. The van der Waals surface area contributed by atoms with Crippen LogP contribution in [0.4, 0.5) is 0 Å². The predicted octanol–water partition coefficient (Wildman–Crippen LogP) is -2.82. The summed E-state index contributed by atoms with van der Waals surface area (Å²) >= 11 is 3.87. The first-order chi connectivity index (χ1) is 14.3. The van der Waals surface area contributed by atoms with Gasteiger partial charge in [0, 0.05) is 5.75 Å². The minimum atomic E-state index is -1.72. The molecule has 0 spiro atoms. The van der Waals surface area contributed by atoms with Crippen LogP contribution in [-0.2, 0) is 28.8 Å². The second kappa shape index (κ2) is 13.4. The topological polar surface area (TPSA) is 231 Å². The molecule has 14 heteroatoms. The lowest BCUT2D eigenvalue weighted by Crippen LogP contribution is -2.59. The fourth-order valence-electron chi connectivity index (χ4n) is 2.36. The van der Waals surface area contributed by atoms with Gasteiger partial charge >= 0.3 is 11.9 Å². The van der Waals surface area contributed by atoms with Crippen molar-refractivity contribution in [1.82, 2.24) is 16.0 Å². The second-order valence-electron chi connectivity index (χ2n) is 6.89. The van der Waals surface area contributed by atoms with Crippen molar-refractivity contribution < 1.29 is 39.0 Å². The Balaban J connectivity index is 5.56. The summed E-state index contributed by atoms with van der Waals surface area (Å²) in [5.74, 6) is -7.09. The number of hydrogen-bond acceptors (Lipinski definition) is 8. The number of carbonyl (C=O) groups is 6. The molecule has 0 aromatic rings. The number of primary amides is 1. The molecule has 0 saturated carbocycles. The number of carboxylic acids is 2. The summed E-state index contributed by atoms with van der Waals surface area (Å²) in [7, 11) is 0. The van der Waals surface area contributed by atoms with Crippen LogP contribution in [0.25, 0.3) is 0 Å². The Morgan fingerprint density at radius 3 is 1.87 bits per heavy atom. The normalized spacial score (nSPS) is 15.5. The van der Waals surface area contributed by atoms with E-state index in [-0.39, 0.29) is 5.75 Å². The molecule has 0 heterocycles. The van der Waals surface area contributed by atoms with Crippen LogP contribution in [-0.4, -0.2) is 75.7 Å². The maximum atomic E-state index is 12.7. The lowest BCUT2D eigenvalue weighted by molar-refractivity contribution is -0.147. The highest BCUT2D eigenvalue weighted by atomic mass is 32.1. The fourth-order valence-corrected chi connectivity index (χ4v) is 2.53. The fraction of sp³-hybridized carbons (Fsp3) is 0.647. The Morgan fingerprint density at radius 1 is 0.903 bits per heavy atom. The van der Waals surface area contributed by atoms with Gasteiger partial charge in [-0.1, -0.05) is 20.3 Å². The van der Waals surface area contributed by atoms with Crippen LogP contribution in [0.2, 0.25) is 0 Å². The van der Waals surface area contributed by atoms with Gasteiger partial charge in [-0.2, -0.15) is 12.6 Å². The van der Waals surface area contributed by atoms with Gasteiger partial charge in [0.2, 0.25) is 23.6 Å². The predicted molar refractivity (Wildman–Crippen MR) is 111 cm³/mol. The molecule has 31 heavy (non-hydrogen) atoms. The Kier molecular flexibility index (Phi) is 12.2. The Bertz CT molecular complexity index is 704. The highest BCUT2D eigenvalue weighted by Crippen LogP contribution is 2.10. The van der Waals surface area contributed by atoms with Crippen LogP contribution < -0.4 is 27.4 Å². The number of amides is 4. The van der Waals surface area contributed by atoms with Gasteiger partial charge in [0.15, 0.2) is 0 Å². The zero-order valence-electron chi connectivity index (χ0n) is 17.2. The SMILES string of the molecule is CCC(C)C(NC(=O)C(CC(N)=O)NC(=O)C(N)CS)C(=O)NC(CC(=O)O)C(=O)O. The van der Waals surface area contributed by atoms with Crippen molar-refractivity contribution in [1.29, 1.82) is 0 Å². The third-order valence-corrected chi connectivity index (χ3v) is 4.75. The molecule has 4 amide bonds. The van der Waals surface area contributed by atoms with Crippen molar-refractivity contribution in [2.75, 3.05) is 5.75 Å². The third-order valence-electron chi connectivity index (χ3n) is 4.36. The van der Waals surface area contributed by atoms with Crippen LogP contribution in [0, 0.1) is 5.92 Å². The average Bonchev–Trinajstić information content (AvgIpc) is 2.68. The molecule has 0 aromatic heterocycles. The zero-order valence-corrected chi connectivity index (χ0v) is 18.1. The lowest BCUT2D eigenvalue weighted by Gasteiger charge is -2.27. The van der Waals surface area contributed by atoms with E-state index in [1.807, 2.05) is 0 Å². The molecule has 0 aliphatic carbocycles. The van der Waals surface area contributed by atoms with Crippen molar-refractivity contribution in [3.8, 4) is 0 Å². The summed E-state index contributed by atoms with van der Waals surface area (Å²) in [5.41, 5.74) is 10.7. The van der Waals surface area contributed by atoms with E-state index in [0.29, 0.717) is 6.42 Å². The number of hydrogen-bond donors (Lipinski definition) is 8. The van der Waals surface area contributed by atoms with Gasteiger partial charge in [0.25, 0.3) is 0 Å². The van der Waals surface area contributed by atoms with E-state index in [0.717, 1.165) is 0 Å². The van der Waals surface area contributed by atoms with E-state index in [1.54, 1.807) is 13.8 Å². The van der Waals surface area contributed by atoms with Crippen molar-refractivity contribution in [2.24, 2.45) is 17.4 Å². The van der Waals surface area contributed by atoms with Crippen molar-refractivity contribution in [2.45, 2.75) is 57.3 Å². The summed E-state index contributed by atoms with van der Waals surface area (Å²) < 4.78 is 0. The Labute approximate surface area is 184 Å². The number of carbonyl (C=O) groups excluding carboxylic acids is 4. The average molecular weight is 464 g/mol. The number of aliphatic carboxylic acids is 2. The molecule has 0 aliphatic heterocycles. The van der Waals surface area contributed by atoms with E-state index in [1.165, 1.54) is 0 Å². The molecule has 9 N–H and O–H groups in total. The Hall–Kier alpha value is -2.87. The van der Waals surface area contributed by atoms with Crippen molar-refractivity contribution in [3.05, 3.63) is 0 Å². The summed E-state index contributed by atoms with van der Waals surface area (Å²) in [4.78, 5) is 70.6. The molecule has 0 rings (SSSR count). The molecule has 176 valence electrons. The molecule has 0 fully saturated rings. The summed E-state index contributed by atoms with van der Waals surface area (Å²) in [6, 6.07) is -5.50. The van der Waals surface area contributed by atoms with E-state index in [9.17, 15) is 28.8 Å². The van der Waals surface area contributed by atoms with E-state index in [2.05, 4.69) is 28.6 Å².